The zero-order chi connectivity index (χ0) is 19.0. The maximum absolute atomic E-state index is 12.7. The largest absolute Gasteiger partial charge is 0.435 e. The summed E-state index contributed by atoms with van der Waals surface area (Å²) in [5, 5.41) is 2.56. The van der Waals surface area contributed by atoms with Crippen molar-refractivity contribution in [2.75, 3.05) is 6.54 Å². The van der Waals surface area contributed by atoms with Gasteiger partial charge in [-0.2, -0.15) is 8.78 Å². The predicted molar refractivity (Wildman–Crippen MR) is 85.1 cm³/mol. The van der Waals surface area contributed by atoms with E-state index in [1.165, 1.54) is 31.2 Å². The van der Waals surface area contributed by atoms with Crippen molar-refractivity contribution >= 4 is 17.7 Å². The number of carbonyl (C=O) groups excluding carboxylic acids is 3. The molecule has 0 aliphatic carbocycles. The number of Topliss-reactive ketones (excluding diaryl/α,β-unsaturated/α-hetero) is 1. The van der Waals surface area contributed by atoms with Gasteiger partial charge in [0.2, 0.25) is 0 Å². The van der Waals surface area contributed by atoms with Crippen molar-refractivity contribution in [2.24, 2.45) is 5.41 Å². The van der Waals surface area contributed by atoms with Crippen LogP contribution in [0.25, 0.3) is 0 Å². The van der Waals surface area contributed by atoms with Gasteiger partial charge in [-0.1, -0.05) is 32.9 Å². The highest BCUT2D eigenvalue weighted by Crippen LogP contribution is 2.31. The molecule has 0 spiro atoms. The van der Waals surface area contributed by atoms with E-state index in [-0.39, 0.29) is 18.1 Å². The summed E-state index contributed by atoms with van der Waals surface area (Å²) in [6, 6.07) is 4.75. The van der Waals surface area contributed by atoms with E-state index in [9.17, 15) is 23.2 Å². The molecule has 8 heteroatoms. The first-order chi connectivity index (χ1) is 11.4. The molecule has 1 aromatic carbocycles. The molecule has 0 saturated carbocycles. The minimum absolute atomic E-state index is 0.0566. The lowest BCUT2D eigenvalue weighted by molar-refractivity contribution is -0.136. The van der Waals surface area contributed by atoms with Crippen LogP contribution in [0.3, 0.4) is 0 Å². The number of benzene rings is 1. The molecule has 0 unspecified atom stereocenters. The van der Waals surface area contributed by atoms with Gasteiger partial charge in [-0.15, -0.1) is 0 Å². The summed E-state index contributed by atoms with van der Waals surface area (Å²) in [5.74, 6) is -0.877. The van der Waals surface area contributed by atoms with Crippen LogP contribution in [0.5, 0.6) is 5.75 Å². The summed E-state index contributed by atoms with van der Waals surface area (Å²) in [6.07, 6.45) is 0. The van der Waals surface area contributed by atoms with Gasteiger partial charge in [0.05, 0.1) is 6.54 Å². The molecule has 3 amide bonds. The number of urea groups is 1. The summed E-state index contributed by atoms with van der Waals surface area (Å²) < 4.78 is 28.7. The SMILES string of the molecule is CC(C)(C)C(=O)CN1C(=O)N[C@](C)(c2ccc(OC(F)F)cc2)C1=O. The van der Waals surface area contributed by atoms with Crippen molar-refractivity contribution in [1.29, 1.82) is 0 Å². The molecule has 1 fully saturated rings. The highest BCUT2D eigenvalue weighted by molar-refractivity contribution is 6.09. The monoisotopic (exact) mass is 354 g/mol. The molecule has 1 aliphatic rings. The molecule has 1 aliphatic heterocycles. The van der Waals surface area contributed by atoms with E-state index in [2.05, 4.69) is 10.1 Å². The average molecular weight is 354 g/mol. The molecule has 1 atom stereocenters. The molecule has 0 bridgehead atoms. The van der Waals surface area contributed by atoms with Gasteiger partial charge in [0.1, 0.15) is 11.3 Å². The lowest BCUT2D eigenvalue weighted by atomic mass is 9.89. The first-order valence-electron chi connectivity index (χ1n) is 7.68. The second-order valence-corrected chi connectivity index (χ2v) is 7.02. The Morgan fingerprint density at radius 2 is 1.80 bits per heavy atom. The van der Waals surface area contributed by atoms with Crippen LogP contribution in [-0.2, 0) is 15.1 Å². The van der Waals surface area contributed by atoms with E-state index in [1.54, 1.807) is 20.8 Å². The molecular formula is C17H20F2N2O4. The lowest BCUT2D eigenvalue weighted by Gasteiger charge is -2.23. The van der Waals surface area contributed by atoms with Crippen molar-refractivity contribution in [2.45, 2.75) is 39.8 Å². The van der Waals surface area contributed by atoms with Crippen LogP contribution in [0.1, 0.15) is 33.3 Å². The van der Waals surface area contributed by atoms with E-state index in [0.29, 0.717) is 5.56 Å². The molecular weight excluding hydrogens is 334 g/mol. The van der Waals surface area contributed by atoms with Crippen LogP contribution in [0.15, 0.2) is 24.3 Å². The third-order valence-electron chi connectivity index (χ3n) is 4.07. The molecule has 1 N–H and O–H groups in total. The lowest BCUT2D eigenvalue weighted by Crippen LogP contribution is -2.42. The van der Waals surface area contributed by atoms with Crippen LogP contribution < -0.4 is 10.1 Å². The number of nitrogens with one attached hydrogen (secondary N) is 1. The van der Waals surface area contributed by atoms with Gasteiger partial charge < -0.3 is 10.1 Å². The minimum Gasteiger partial charge on any atom is -0.435 e. The predicted octanol–water partition coefficient (Wildman–Crippen LogP) is 2.67. The molecule has 0 aromatic heterocycles. The Balaban J connectivity index is 2.23. The van der Waals surface area contributed by atoms with Crippen molar-refractivity contribution in [1.82, 2.24) is 10.2 Å². The van der Waals surface area contributed by atoms with Gasteiger partial charge in [-0.05, 0) is 24.6 Å². The number of hydrogen-bond acceptors (Lipinski definition) is 4. The number of hydrogen-bond donors (Lipinski definition) is 1. The fraction of sp³-hybridized carbons (Fsp3) is 0.471. The second kappa shape index (κ2) is 6.42. The van der Waals surface area contributed by atoms with Crippen molar-refractivity contribution in [3.05, 3.63) is 29.8 Å². The Morgan fingerprint density at radius 1 is 1.24 bits per heavy atom. The summed E-state index contributed by atoms with van der Waals surface area (Å²) in [5.41, 5.74) is -1.66. The van der Waals surface area contributed by atoms with E-state index < -0.39 is 29.5 Å². The number of ketones is 1. The number of carbonyl (C=O) groups is 3. The van der Waals surface area contributed by atoms with Gasteiger partial charge >= 0.3 is 12.6 Å². The molecule has 136 valence electrons. The normalized spacial score (nSPS) is 20.8. The van der Waals surface area contributed by atoms with Crippen molar-refractivity contribution in [3.63, 3.8) is 0 Å². The fourth-order valence-electron chi connectivity index (χ4n) is 2.39. The quantitative estimate of drug-likeness (QED) is 0.825. The minimum atomic E-state index is -2.95. The molecule has 6 nitrogen and oxygen atoms in total. The average Bonchev–Trinajstić information content (AvgIpc) is 2.70. The van der Waals surface area contributed by atoms with Crippen LogP contribution in [0.2, 0.25) is 0 Å². The third kappa shape index (κ3) is 3.78. The van der Waals surface area contributed by atoms with Crippen LogP contribution in [0.4, 0.5) is 13.6 Å². The number of amides is 3. The topological polar surface area (TPSA) is 75.7 Å². The number of imide groups is 1. The molecule has 1 aromatic rings. The number of alkyl halides is 2. The molecule has 1 saturated heterocycles. The smallest absolute Gasteiger partial charge is 0.387 e. The Kier molecular flexibility index (Phi) is 4.83. The first-order valence-corrected chi connectivity index (χ1v) is 7.68. The van der Waals surface area contributed by atoms with Gasteiger partial charge in [0.15, 0.2) is 5.78 Å². The van der Waals surface area contributed by atoms with Crippen molar-refractivity contribution < 1.29 is 27.9 Å². The maximum atomic E-state index is 12.7. The zero-order valence-corrected chi connectivity index (χ0v) is 14.4. The molecule has 25 heavy (non-hydrogen) atoms. The number of nitrogens with zero attached hydrogens (tertiary/aromatic N) is 1. The van der Waals surface area contributed by atoms with Crippen LogP contribution in [0, 0.1) is 5.41 Å². The summed E-state index contributed by atoms with van der Waals surface area (Å²) in [4.78, 5) is 37.9. The zero-order valence-electron chi connectivity index (χ0n) is 14.4. The van der Waals surface area contributed by atoms with E-state index in [1.807, 2.05) is 0 Å². The van der Waals surface area contributed by atoms with Crippen molar-refractivity contribution in [3.8, 4) is 5.75 Å². The van der Waals surface area contributed by atoms with Gasteiger partial charge in [-0.3, -0.25) is 14.5 Å². The Morgan fingerprint density at radius 3 is 2.28 bits per heavy atom. The fourth-order valence-corrected chi connectivity index (χ4v) is 2.39. The summed E-state index contributed by atoms with van der Waals surface area (Å²) in [7, 11) is 0. The van der Waals surface area contributed by atoms with E-state index in [0.717, 1.165) is 4.90 Å². The van der Waals surface area contributed by atoms with Gasteiger partial charge in [0, 0.05) is 5.41 Å². The van der Waals surface area contributed by atoms with Gasteiger partial charge in [0.25, 0.3) is 5.91 Å². The van der Waals surface area contributed by atoms with Crippen LogP contribution in [-0.4, -0.2) is 35.8 Å². The number of halogens is 2. The molecule has 2 rings (SSSR count). The Hall–Kier alpha value is -2.51. The van der Waals surface area contributed by atoms with E-state index in [4.69, 9.17) is 0 Å². The number of rotatable bonds is 5. The standard InChI is InChI=1S/C17H20F2N2O4/c1-16(2,3)12(22)9-21-13(23)17(4,20-15(21)24)10-5-7-11(8-6-10)25-14(18)19/h5-8,14H,9H2,1-4H3,(H,20,24)/t17-/m1/s1. The second-order valence-electron chi connectivity index (χ2n) is 7.02. The molecule has 1 heterocycles. The summed E-state index contributed by atoms with van der Waals surface area (Å²) >= 11 is 0. The third-order valence-corrected chi connectivity index (χ3v) is 4.07. The Labute approximate surface area is 144 Å². The highest BCUT2D eigenvalue weighted by Gasteiger charge is 2.49. The Bertz CT molecular complexity index is 698. The number of ether oxygens (including phenoxy) is 1. The highest BCUT2D eigenvalue weighted by atomic mass is 19.3. The maximum Gasteiger partial charge on any atom is 0.387 e. The first kappa shape index (κ1) is 18.8. The van der Waals surface area contributed by atoms with Gasteiger partial charge in [-0.25, -0.2) is 4.79 Å². The molecule has 0 radical (unpaired) electrons. The van der Waals surface area contributed by atoms with Crippen LogP contribution >= 0.6 is 0 Å². The summed E-state index contributed by atoms with van der Waals surface area (Å²) in [6.45, 7) is 3.33. The van der Waals surface area contributed by atoms with E-state index >= 15 is 0 Å².